The number of hydrogen-bond acceptors (Lipinski definition) is 4. The van der Waals surface area contributed by atoms with Crippen molar-refractivity contribution in [3.63, 3.8) is 0 Å². The van der Waals surface area contributed by atoms with E-state index < -0.39 is 5.60 Å². The summed E-state index contributed by atoms with van der Waals surface area (Å²) in [5, 5.41) is 2.02. The van der Waals surface area contributed by atoms with Crippen LogP contribution in [0.25, 0.3) is 27.8 Å². The van der Waals surface area contributed by atoms with Crippen molar-refractivity contribution in [1.29, 1.82) is 0 Å². The van der Waals surface area contributed by atoms with Gasteiger partial charge >= 0.3 is 6.09 Å². The zero-order valence-electron chi connectivity index (χ0n) is 21.9. The molecule has 5 rings (SSSR count). The Morgan fingerprint density at radius 1 is 0.923 bits per heavy atom. The first-order chi connectivity index (χ1) is 18.5. The van der Waals surface area contributed by atoms with Gasteiger partial charge in [-0.05, 0) is 63.9 Å². The van der Waals surface area contributed by atoms with Gasteiger partial charge in [-0.1, -0.05) is 59.1 Å². The third kappa shape index (κ3) is 5.65. The lowest BCUT2D eigenvalue weighted by molar-refractivity contribution is 0.0204. The molecular formula is C30H28Cl3N3O3. The summed E-state index contributed by atoms with van der Waals surface area (Å²) in [6.07, 6.45) is 1.08. The fraction of sp³-hybridized carbons (Fsp3) is 0.300. The maximum absolute atomic E-state index is 13.3. The van der Waals surface area contributed by atoms with Gasteiger partial charge in [-0.2, -0.15) is 0 Å². The first-order valence-electron chi connectivity index (χ1n) is 12.8. The van der Waals surface area contributed by atoms with Gasteiger partial charge in [0.15, 0.2) is 0 Å². The number of fused-ring (bicyclic) bond motifs is 1. The topological polar surface area (TPSA) is 64.4 Å². The molecule has 1 aliphatic rings. The Labute approximate surface area is 242 Å². The Hall–Kier alpha value is -3.06. The van der Waals surface area contributed by atoms with Crippen LogP contribution < -0.4 is 5.56 Å². The highest BCUT2D eigenvalue weighted by Gasteiger charge is 2.29. The number of pyridine rings is 2. The lowest BCUT2D eigenvalue weighted by atomic mass is 9.92. The second-order valence-electron chi connectivity index (χ2n) is 10.6. The van der Waals surface area contributed by atoms with E-state index in [0.717, 1.165) is 16.6 Å². The second kappa shape index (κ2) is 10.8. The highest BCUT2D eigenvalue weighted by Crippen LogP contribution is 2.38. The number of halogens is 3. The molecule has 1 saturated heterocycles. The van der Waals surface area contributed by atoms with E-state index in [1.807, 2.05) is 51.1 Å². The molecule has 6 nitrogen and oxygen atoms in total. The molecule has 0 radical (unpaired) electrons. The van der Waals surface area contributed by atoms with Gasteiger partial charge < -0.3 is 9.64 Å². The molecular weight excluding hydrogens is 557 g/mol. The van der Waals surface area contributed by atoms with Crippen LogP contribution in [0.3, 0.4) is 0 Å². The van der Waals surface area contributed by atoms with Crippen LogP contribution in [-0.2, 0) is 4.74 Å². The van der Waals surface area contributed by atoms with Crippen LogP contribution in [0.15, 0.2) is 65.5 Å². The summed E-state index contributed by atoms with van der Waals surface area (Å²) in [4.78, 5) is 32.8. The number of amides is 1. The van der Waals surface area contributed by atoms with Crippen LogP contribution in [0.2, 0.25) is 15.1 Å². The van der Waals surface area contributed by atoms with Gasteiger partial charge in [0.1, 0.15) is 5.60 Å². The number of rotatable bonds is 3. The molecule has 2 aromatic carbocycles. The van der Waals surface area contributed by atoms with Crippen molar-refractivity contribution in [2.24, 2.45) is 0 Å². The van der Waals surface area contributed by atoms with Crippen LogP contribution in [0.4, 0.5) is 4.79 Å². The third-order valence-electron chi connectivity index (χ3n) is 6.77. The molecule has 3 heterocycles. The van der Waals surface area contributed by atoms with Crippen LogP contribution in [0.1, 0.15) is 45.2 Å². The third-order valence-corrected chi connectivity index (χ3v) is 7.71. The molecule has 202 valence electrons. The number of piperidine rings is 1. The van der Waals surface area contributed by atoms with Gasteiger partial charge in [-0.3, -0.25) is 14.3 Å². The lowest BCUT2D eigenvalue weighted by Gasteiger charge is -2.33. The molecule has 0 spiro atoms. The number of hydrogen-bond donors (Lipinski definition) is 0. The Morgan fingerprint density at radius 3 is 2.21 bits per heavy atom. The fourth-order valence-corrected chi connectivity index (χ4v) is 5.73. The van der Waals surface area contributed by atoms with Gasteiger partial charge in [0.25, 0.3) is 5.56 Å². The summed E-state index contributed by atoms with van der Waals surface area (Å²) in [5.41, 5.74) is 2.46. The van der Waals surface area contributed by atoms with E-state index in [1.54, 1.807) is 33.7 Å². The maximum atomic E-state index is 13.3. The minimum Gasteiger partial charge on any atom is -0.444 e. The number of para-hydroxylation sites is 1. The summed E-state index contributed by atoms with van der Waals surface area (Å²) >= 11 is 19.8. The average molecular weight is 585 g/mol. The minimum absolute atomic E-state index is 0.0554. The molecule has 0 bridgehead atoms. The van der Waals surface area contributed by atoms with Crippen molar-refractivity contribution in [3.8, 4) is 16.9 Å². The molecule has 0 saturated carbocycles. The number of aromatic nitrogens is 2. The van der Waals surface area contributed by atoms with Crippen molar-refractivity contribution < 1.29 is 9.53 Å². The molecule has 0 unspecified atom stereocenters. The number of benzene rings is 2. The Balaban J connectivity index is 1.65. The van der Waals surface area contributed by atoms with Crippen molar-refractivity contribution in [2.45, 2.75) is 45.1 Å². The quantitative estimate of drug-likeness (QED) is 0.244. The van der Waals surface area contributed by atoms with Gasteiger partial charge in [-0.15, -0.1) is 0 Å². The molecule has 0 atom stereocenters. The monoisotopic (exact) mass is 583 g/mol. The van der Waals surface area contributed by atoms with Crippen LogP contribution in [-0.4, -0.2) is 39.2 Å². The predicted octanol–water partition coefficient (Wildman–Crippen LogP) is 8.13. The summed E-state index contributed by atoms with van der Waals surface area (Å²) in [6, 6.07) is 17.8. The number of carbonyl (C=O) groups excluding carboxylic acids is 1. The molecule has 9 heteroatoms. The number of carbonyl (C=O) groups is 1. The molecule has 1 amide bonds. The molecule has 1 aliphatic heterocycles. The Morgan fingerprint density at radius 2 is 1.56 bits per heavy atom. The van der Waals surface area contributed by atoms with Gasteiger partial charge in [0.05, 0.1) is 26.9 Å². The van der Waals surface area contributed by atoms with E-state index in [-0.39, 0.29) is 17.6 Å². The van der Waals surface area contributed by atoms with E-state index in [4.69, 9.17) is 44.5 Å². The average Bonchev–Trinajstić information content (AvgIpc) is 2.88. The van der Waals surface area contributed by atoms with E-state index in [1.165, 1.54) is 6.07 Å². The van der Waals surface area contributed by atoms with Gasteiger partial charge in [-0.25, -0.2) is 4.79 Å². The fourth-order valence-electron chi connectivity index (χ4n) is 4.94. The summed E-state index contributed by atoms with van der Waals surface area (Å²) in [6.45, 7) is 6.66. The Bertz CT molecular complexity index is 1600. The van der Waals surface area contributed by atoms with Crippen molar-refractivity contribution in [3.05, 3.63) is 91.8 Å². The normalized spacial score (nSPS) is 14.6. The molecule has 0 N–H and O–H groups in total. The van der Waals surface area contributed by atoms with E-state index in [9.17, 15) is 9.59 Å². The molecule has 39 heavy (non-hydrogen) atoms. The molecule has 2 aromatic heterocycles. The minimum atomic E-state index is -0.554. The van der Waals surface area contributed by atoms with Crippen LogP contribution in [0, 0.1) is 0 Å². The number of likely N-dealkylation sites (tertiary alicyclic amines) is 1. The van der Waals surface area contributed by atoms with Crippen molar-refractivity contribution in [2.75, 3.05) is 13.1 Å². The van der Waals surface area contributed by atoms with Gasteiger partial charge in [0, 0.05) is 46.7 Å². The first kappa shape index (κ1) is 27.5. The summed E-state index contributed by atoms with van der Waals surface area (Å²) in [5.74, 6) is 0.0554. The SMILES string of the molecule is CC(C)(C)OC(=O)N1CCC(c2cc3c(ccc(=O)n3-c3c(Cl)cccc3Cl)c(-c3ccccc3Cl)n2)CC1. The smallest absolute Gasteiger partial charge is 0.410 e. The van der Waals surface area contributed by atoms with E-state index in [2.05, 4.69) is 0 Å². The van der Waals surface area contributed by atoms with E-state index >= 15 is 0 Å². The predicted molar refractivity (Wildman–Crippen MR) is 158 cm³/mol. The molecule has 0 aliphatic carbocycles. The van der Waals surface area contributed by atoms with E-state index in [0.29, 0.717) is 57.9 Å². The highest BCUT2D eigenvalue weighted by atomic mass is 35.5. The van der Waals surface area contributed by atoms with Crippen LogP contribution >= 0.6 is 34.8 Å². The van der Waals surface area contributed by atoms with Crippen molar-refractivity contribution in [1.82, 2.24) is 14.5 Å². The zero-order valence-corrected chi connectivity index (χ0v) is 24.1. The first-order valence-corrected chi connectivity index (χ1v) is 13.9. The summed E-state index contributed by atoms with van der Waals surface area (Å²) in [7, 11) is 0. The zero-order chi connectivity index (χ0) is 27.9. The maximum Gasteiger partial charge on any atom is 0.410 e. The van der Waals surface area contributed by atoms with Crippen molar-refractivity contribution >= 4 is 51.8 Å². The second-order valence-corrected chi connectivity index (χ2v) is 11.8. The Kier molecular flexibility index (Phi) is 7.64. The highest BCUT2D eigenvalue weighted by molar-refractivity contribution is 6.38. The number of nitrogens with zero attached hydrogens (tertiary/aromatic N) is 3. The number of ether oxygens (including phenoxy) is 1. The van der Waals surface area contributed by atoms with Gasteiger partial charge in [0.2, 0.25) is 0 Å². The largest absolute Gasteiger partial charge is 0.444 e. The standard InChI is InChI=1S/C30H28Cl3N3O3/c1-30(2,3)39-29(38)35-15-13-18(14-16-35)24-17-25-20(27(34-24)19-7-4-5-8-21(19)31)11-12-26(37)36(25)28-22(32)9-6-10-23(28)33/h4-12,17-18H,13-16H2,1-3H3. The summed E-state index contributed by atoms with van der Waals surface area (Å²) < 4.78 is 7.10. The molecule has 1 fully saturated rings. The van der Waals surface area contributed by atoms with Crippen LogP contribution in [0.5, 0.6) is 0 Å². The molecule has 4 aromatic rings. The lowest BCUT2D eigenvalue weighted by Crippen LogP contribution is -2.41.